The van der Waals surface area contributed by atoms with Crippen LogP contribution in [-0.2, 0) is 6.54 Å². The number of nitrogens with one attached hydrogen (secondary N) is 1. The summed E-state index contributed by atoms with van der Waals surface area (Å²) in [6.07, 6.45) is 5.16. The highest BCUT2D eigenvalue weighted by molar-refractivity contribution is 5.95. The monoisotopic (exact) mass is 338 g/mol. The van der Waals surface area contributed by atoms with Gasteiger partial charge in [0.25, 0.3) is 5.91 Å². The summed E-state index contributed by atoms with van der Waals surface area (Å²) in [6.45, 7) is 3.55. The topological polar surface area (TPSA) is 86.8 Å². The SMILES string of the molecule is N#CCN1CCC(CNC(=O)c2ccccc2Cn2cncn2)CC1. The maximum absolute atomic E-state index is 12.6. The van der Waals surface area contributed by atoms with E-state index in [1.165, 1.54) is 6.33 Å². The van der Waals surface area contributed by atoms with Gasteiger partial charge >= 0.3 is 0 Å². The largest absolute Gasteiger partial charge is 0.352 e. The van der Waals surface area contributed by atoms with Crippen molar-refractivity contribution >= 4 is 5.91 Å². The molecule has 3 rings (SSSR count). The first kappa shape index (κ1) is 17.1. The van der Waals surface area contributed by atoms with Crippen LogP contribution >= 0.6 is 0 Å². The zero-order chi connectivity index (χ0) is 17.5. The van der Waals surface area contributed by atoms with Crippen LogP contribution in [0.4, 0.5) is 0 Å². The summed E-state index contributed by atoms with van der Waals surface area (Å²) >= 11 is 0. The van der Waals surface area contributed by atoms with Gasteiger partial charge in [-0.3, -0.25) is 9.69 Å². The lowest BCUT2D eigenvalue weighted by atomic mass is 9.96. The van der Waals surface area contributed by atoms with Crippen LogP contribution in [0, 0.1) is 17.2 Å². The first-order chi connectivity index (χ1) is 12.3. The maximum atomic E-state index is 12.6. The standard InChI is InChI=1S/C18H22N6O/c19-7-10-23-8-5-15(6-9-23)11-21-18(25)17-4-2-1-3-16(17)12-24-14-20-13-22-24/h1-4,13-15H,5-6,8-12H2,(H,21,25). The van der Waals surface area contributed by atoms with Gasteiger partial charge in [0.2, 0.25) is 0 Å². The van der Waals surface area contributed by atoms with Crippen molar-refractivity contribution in [3.8, 4) is 6.07 Å². The minimum atomic E-state index is -0.0461. The van der Waals surface area contributed by atoms with Crippen molar-refractivity contribution in [3.05, 3.63) is 48.0 Å². The second-order valence-electron chi connectivity index (χ2n) is 6.34. The van der Waals surface area contributed by atoms with Gasteiger partial charge in [0.05, 0.1) is 19.2 Å². The molecule has 1 aromatic heterocycles. The third kappa shape index (κ3) is 4.64. The Morgan fingerprint density at radius 2 is 2.12 bits per heavy atom. The maximum Gasteiger partial charge on any atom is 0.251 e. The number of piperidine rings is 1. The molecule has 1 fully saturated rings. The van der Waals surface area contributed by atoms with Crippen LogP contribution < -0.4 is 5.32 Å². The summed E-state index contributed by atoms with van der Waals surface area (Å²) in [5.74, 6) is 0.427. The predicted molar refractivity (Wildman–Crippen MR) is 92.7 cm³/mol. The quantitative estimate of drug-likeness (QED) is 0.802. The van der Waals surface area contributed by atoms with Crippen molar-refractivity contribution in [3.63, 3.8) is 0 Å². The van der Waals surface area contributed by atoms with Crippen LogP contribution in [0.3, 0.4) is 0 Å². The second kappa shape index (κ2) is 8.40. The highest BCUT2D eigenvalue weighted by Crippen LogP contribution is 2.16. The van der Waals surface area contributed by atoms with Gasteiger partial charge in [-0.15, -0.1) is 0 Å². The Morgan fingerprint density at radius 1 is 1.32 bits per heavy atom. The number of nitrogens with zero attached hydrogens (tertiary/aromatic N) is 5. The third-order valence-corrected chi connectivity index (χ3v) is 4.61. The average molecular weight is 338 g/mol. The predicted octanol–water partition coefficient (Wildman–Crippen LogP) is 1.29. The summed E-state index contributed by atoms with van der Waals surface area (Å²) in [5.41, 5.74) is 1.61. The molecule has 1 aliphatic rings. The normalized spacial score (nSPS) is 15.6. The van der Waals surface area contributed by atoms with Crippen molar-refractivity contribution in [1.82, 2.24) is 25.0 Å². The molecule has 0 spiro atoms. The molecule has 0 atom stereocenters. The molecule has 2 aromatic rings. The van der Waals surface area contributed by atoms with E-state index in [1.807, 2.05) is 24.3 Å². The van der Waals surface area contributed by atoms with Gasteiger partial charge in [-0.2, -0.15) is 10.4 Å². The van der Waals surface area contributed by atoms with Gasteiger partial charge in [0, 0.05) is 12.1 Å². The molecule has 1 N–H and O–H groups in total. The van der Waals surface area contributed by atoms with Crippen molar-refractivity contribution in [1.29, 1.82) is 5.26 Å². The summed E-state index contributed by atoms with van der Waals surface area (Å²) in [6, 6.07) is 9.78. The van der Waals surface area contributed by atoms with E-state index in [-0.39, 0.29) is 5.91 Å². The van der Waals surface area contributed by atoms with Crippen molar-refractivity contribution < 1.29 is 4.79 Å². The second-order valence-corrected chi connectivity index (χ2v) is 6.34. The van der Waals surface area contributed by atoms with Gasteiger partial charge in [-0.25, -0.2) is 9.67 Å². The molecule has 0 unspecified atom stereocenters. The lowest BCUT2D eigenvalue weighted by Crippen LogP contribution is -2.38. The van der Waals surface area contributed by atoms with E-state index >= 15 is 0 Å². The average Bonchev–Trinajstić information content (AvgIpc) is 3.15. The minimum absolute atomic E-state index is 0.0461. The fraction of sp³-hybridized carbons (Fsp3) is 0.444. The Hall–Kier alpha value is -2.72. The highest BCUT2D eigenvalue weighted by Gasteiger charge is 2.20. The molecule has 0 bridgehead atoms. The van der Waals surface area contributed by atoms with Crippen molar-refractivity contribution in [2.24, 2.45) is 5.92 Å². The van der Waals surface area contributed by atoms with Crippen molar-refractivity contribution in [2.75, 3.05) is 26.2 Å². The lowest BCUT2D eigenvalue weighted by Gasteiger charge is -2.30. The van der Waals surface area contributed by atoms with E-state index < -0.39 is 0 Å². The van der Waals surface area contributed by atoms with E-state index in [1.54, 1.807) is 11.0 Å². The van der Waals surface area contributed by atoms with Crippen LogP contribution in [-0.4, -0.2) is 51.8 Å². The fourth-order valence-electron chi connectivity index (χ4n) is 3.15. The molecule has 1 aliphatic heterocycles. The van der Waals surface area contributed by atoms with Crippen LogP contribution in [0.2, 0.25) is 0 Å². The van der Waals surface area contributed by atoms with E-state index in [9.17, 15) is 4.79 Å². The number of carbonyl (C=O) groups is 1. The van der Waals surface area contributed by atoms with Gasteiger partial charge < -0.3 is 5.32 Å². The van der Waals surface area contributed by atoms with Crippen LogP contribution in [0.5, 0.6) is 0 Å². The molecule has 0 saturated carbocycles. The smallest absolute Gasteiger partial charge is 0.251 e. The fourth-order valence-corrected chi connectivity index (χ4v) is 3.15. The lowest BCUT2D eigenvalue weighted by molar-refractivity contribution is 0.0936. The summed E-state index contributed by atoms with van der Waals surface area (Å²) < 4.78 is 1.71. The molecular weight excluding hydrogens is 316 g/mol. The highest BCUT2D eigenvalue weighted by atomic mass is 16.1. The number of benzene rings is 1. The number of aromatic nitrogens is 3. The van der Waals surface area contributed by atoms with E-state index in [4.69, 9.17) is 5.26 Å². The molecule has 0 radical (unpaired) electrons. The third-order valence-electron chi connectivity index (χ3n) is 4.61. The molecule has 1 saturated heterocycles. The number of hydrogen-bond acceptors (Lipinski definition) is 5. The number of likely N-dealkylation sites (tertiary alicyclic amines) is 1. The Balaban J connectivity index is 1.54. The first-order valence-electron chi connectivity index (χ1n) is 8.54. The van der Waals surface area contributed by atoms with Gasteiger partial charge in [-0.1, -0.05) is 18.2 Å². The van der Waals surface area contributed by atoms with Crippen LogP contribution in [0.25, 0.3) is 0 Å². The van der Waals surface area contributed by atoms with E-state index in [2.05, 4.69) is 26.4 Å². The Labute approximate surface area is 147 Å². The zero-order valence-corrected chi connectivity index (χ0v) is 14.1. The zero-order valence-electron chi connectivity index (χ0n) is 14.1. The van der Waals surface area contributed by atoms with E-state index in [0.29, 0.717) is 31.1 Å². The molecule has 7 nitrogen and oxygen atoms in total. The first-order valence-corrected chi connectivity index (χ1v) is 8.54. The Bertz CT molecular complexity index is 728. The summed E-state index contributed by atoms with van der Waals surface area (Å²) in [5, 5.41) is 15.9. The minimum Gasteiger partial charge on any atom is -0.352 e. The molecule has 25 heavy (non-hydrogen) atoms. The molecule has 1 amide bonds. The number of carbonyl (C=O) groups excluding carboxylic acids is 1. The van der Waals surface area contributed by atoms with E-state index in [0.717, 1.165) is 31.5 Å². The summed E-state index contributed by atoms with van der Waals surface area (Å²) in [4.78, 5) is 18.7. The molecule has 2 heterocycles. The van der Waals surface area contributed by atoms with Gasteiger partial charge in [0.1, 0.15) is 12.7 Å². The Morgan fingerprint density at radius 3 is 2.84 bits per heavy atom. The van der Waals surface area contributed by atoms with Crippen LogP contribution in [0.15, 0.2) is 36.9 Å². The van der Waals surface area contributed by atoms with Gasteiger partial charge in [-0.05, 0) is 43.5 Å². The summed E-state index contributed by atoms with van der Waals surface area (Å²) in [7, 11) is 0. The molecule has 0 aliphatic carbocycles. The molecule has 7 heteroatoms. The number of nitriles is 1. The number of hydrogen-bond donors (Lipinski definition) is 1. The Kier molecular flexibility index (Phi) is 5.75. The molecule has 130 valence electrons. The number of amides is 1. The molecule has 1 aromatic carbocycles. The van der Waals surface area contributed by atoms with Crippen molar-refractivity contribution in [2.45, 2.75) is 19.4 Å². The molecular formula is C18H22N6O. The van der Waals surface area contributed by atoms with Gasteiger partial charge in [0.15, 0.2) is 0 Å². The number of rotatable bonds is 6. The van der Waals surface area contributed by atoms with Crippen LogP contribution in [0.1, 0.15) is 28.8 Å².